The van der Waals surface area contributed by atoms with Crippen LogP contribution in [0.4, 0.5) is 0 Å². The van der Waals surface area contributed by atoms with Gasteiger partial charge in [-0.25, -0.2) is 4.68 Å². The highest BCUT2D eigenvalue weighted by molar-refractivity contribution is 6.15. The number of nitrogens with zero attached hydrogens (tertiary/aromatic N) is 4. The highest BCUT2D eigenvalue weighted by atomic mass is 35.5. The van der Waals surface area contributed by atoms with E-state index in [0.29, 0.717) is 11.8 Å². The van der Waals surface area contributed by atoms with E-state index in [0.717, 1.165) is 33.3 Å². The molecule has 2 aromatic carbocycles. The van der Waals surface area contributed by atoms with Gasteiger partial charge in [0.15, 0.2) is 0 Å². The first-order valence-electron chi connectivity index (χ1n) is 8.42. The lowest BCUT2D eigenvalue weighted by molar-refractivity contribution is 0.449. The Morgan fingerprint density at radius 3 is 2.67 bits per heavy atom. The minimum absolute atomic E-state index is 0.273. The summed E-state index contributed by atoms with van der Waals surface area (Å²) >= 11 is 6.00. The van der Waals surface area contributed by atoms with Gasteiger partial charge in [-0.2, -0.15) is 10.1 Å². The van der Waals surface area contributed by atoms with Crippen molar-refractivity contribution >= 4 is 33.7 Å². The molecule has 0 aliphatic rings. The van der Waals surface area contributed by atoms with Crippen molar-refractivity contribution in [1.29, 1.82) is 0 Å². The third-order valence-corrected chi connectivity index (χ3v) is 4.56. The lowest BCUT2D eigenvalue weighted by atomic mass is 10.1. The van der Waals surface area contributed by atoms with E-state index in [-0.39, 0.29) is 6.00 Å². The van der Waals surface area contributed by atoms with E-state index in [2.05, 4.69) is 20.1 Å². The van der Waals surface area contributed by atoms with Gasteiger partial charge in [0.2, 0.25) is 0 Å². The van der Waals surface area contributed by atoms with Crippen LogP contribution in [0.1, 0.15) is 0 Å². The van der Waals surface area contributed by atoms with E-state index < -0.39 is 0 Å². The van der Waals surface area contributed by atoms with Crippen molar-refractivity contribution in [2.24, 2.45) is 0 Å². The number of hydrogen-bond donors (Lipinski definition) is 1. The number of aromatic amines is 1. The van der Waals surface area contributed by atoms with Gasteiger partial charge in [-0.3, -0.25) is 4.98 Å². The highest BCUT2D eigenvalue weighted by Crippen LogP contribution is 2.29. The summed E-state index contributed by atoms with van der Waals surface area (Å²) in [5.74, 6) is 0.687. The zero-order valence-corrected chi connectivity index (χ0v) is 14.9. The van der Waals surface area contributed by atoms with Crippen LogP contribution in [0.15, 0.2) is 66.9 Å². The zero-order chi connectivity index (χ0) is 18.2. The van der Waals surface area contributed by atoms with Crippen molar-refractivity contribution < 1.29 is 4.74 Å². The first kappa shape index (κ1) is 15.8. The smallest absolute Gasteiger partial charge is 0.300 e. The largest absolute Gasteiger partial charge is 0.426 e. The monoisotopic (exact) mass is 375 g/mol. The van der Waals surface area contributed by atoms with Gasteiger partial charge in [0, 0.05) is 11.8 Å². The molecule has 0 saturated heterocycles. The van der Waals surface area contributed by atoms with Crippen LogP contribution >= 0.6 is 11.6 Å². The average Bonchev–Trinajstić information content (AvgIpc) is 3.29. The standard InChI is InChI=1S/C20H14ClN5O/c21-12-26-17-6-3-11-22-19(17)18(25-26)13-7-9-14(10-8-13)27-20-23-15-4-1-2-5-16(15)24-20/h1-11H,12H2,(H,23,24). The maximum atomic E-state index is 6.00. The molecule has 0 aliphatic heterocycles. The van der Waals surface area contributed by atoms with Crippen molar-refractivity contribution in [3.63, 3.8) is 0 Å². The maximum absolute atomic E-state index is 6.00. The molecule has 0 unspecified atom stereocenters. The van der Waals surface area contributed by atoms with Crippen LogP contribution in [0.5, 0.6) is 11.8 Å². The summed E-state index contributed by atoms with van der Waals surface area (Å²) < 4.78 is 7.57. The van der Waals surface area contributed by atoms with Crippen LogP contribution in [0.2, 0.25) is 0 Å². The molecule has 132 valence electrons. The number of alkyl halides is 1. The molecule has 0 spiro atoms. The number of benzene rings is 2. The number of hydrogen-bond acceptors (Lipinski definition) is 4. The fraction of sp³-hybridized carbons (Fsp3) is 0.0500. The fourth-order valence-electron chi connectivity index (χ4n) is 3.07. The number of rotatable bonds is 4. The number of pyridine rings is 1. The van der Waals surface area contributed by atoms with E-state index >= 15 is 0 Å². The Bertz CT molecular complexity index is 1210. The normalized spacial score (nSPS) is 11.3. The summed E-state index contributed by atoms with van der Waals surface area (Å²) in [6.45, 7) is 0. The van der Waals surface area contributed by atoms with E-state index in [1.807, 2.05) is 60.7 Å². The first-order chi connectivity index (χ1) is 13.3. The number of fused-ring (bicyclic) bond motifs is 2. The molecule has 27 heavy (non-hydrogen) atoms. The molecular weight excluding hydrogens is 362 g/mol. The topological polar surface area (TPSA) is 68.6 Å². The van der Waals surface area contributed by atoms with Crippen LogP contribution in [-0.4, -0.2) is 24.7 Å². The Kier molecular flexibility index (Phi) is 3.76. The molecule has 6 nitrogen and oxygen atoms in total. The molecule has 0 bridgehead atoms. The van der Waals surface area contributed by atoms with Gasteiger partial charge >= 0.3 is 0 Å². The Morgan fingerprint density at radius 1 is 1.00 bits per heavy atom. The molecule has 3 aromatic heterocycles. The molecule has 0 amide bonds. The number of halogens is 1. The highest BCUT2D eigenvalue weighted by Gasteiger charge is 2.13. The number of imidazole rings is 1. The van der Waals surface area contributed by atoms with Crippen molar-refractivity contribution in [3.8, 4) is 23.0 Å². The summed E-state index contributed by atoms with van der Waals surface area (Å²) in [6.07, 6.45) is 1.76. The van der Waals surface area contributed by atoms with Gasteiger partial charge in [-0.15, -0.1) is 11.6 Å². The summed E-state index contributed by atoms with van der Waals surface area (Å²) in [6, 6.07) is 20.0. The molecule has 0 atom stereocenters. The van der Waals surface area contributed by atoms with Crippen molar-refractivity contribution in [3.05, 3.63) is 66.9 Å². The predicted octanol–water partition coefficient (Wildman–Crippen LogP) is 4.96. The average molecular weight is 376 g/mol. The molecule has 1 N–H and O–H groups in total. The summed E-state index contributed by atoms with van der Waals surface area (Å²) in [4.78, 5) is 12.0. The second kappa shape index (κ2) is 6.41. The van der Waals surface area contributed by atoms with Gasteiger partial charge in [0.25, 0.3) is 6.01 Å². The molecule has 5 rings (SSSR count). The lowest BCUT2D eigenvalue weighted by Gasteiger charge is -2.03. The number of nitrogens with one attached hydrogen (secondary N) is 1. The van der Waals surface area contributed by atoms with Crippen LogP contribution in [0.3, 0.4) is 0 Å². The van der Waals surface area contributed by atoms with Crippen molar-refractivity contribution in [2.45, 2.75) is 6.00 Å². The SMILES string of the molecule is ClCn1nc(-c2ccc(Oc3nc4ccccc4[nH]3)cc2)c2ncccc21. The van der Waals surface area contributed by atoms with Crippen molar-refractivity contribution in [2.75, 3.05) is 0 Å². The van der Waals surface area contributed by atoms with Gasteiger partial charge in [-0.05, 0) is 48.5 Å². The van der Waals surface area contributed by atoms with E-state index in [4.69, 9.17) is 16.3 Å². The second-order valence-corrected chi connectivity index (χ2v) is 6.26. The van der Waals surface area contributed by atoms with E-state index in [1.54, 1.807) is 10.9 Å². The third-order valence-electron chi connectivity index (χ3n) is 4.33. The van der Waals surface area contributed by atoms with Gasteiger partial charge in [0.1, 0.15) is 23.0 Å². The van der Waals surface area contributed by atoms with Crippen LogP contribution in [0, 0.1) is 0 Å². The molecular formula is C20H14ClN5O. The molecule has 0 fully saturated rings. The van der Waals surface area contributed by atoms with Crippen LogP contribution in [-0.2, 0) is 6.00 Å². The minimum atomic E-state index is 0.273. The van der Waals surface area contributed by atoms with Crippen molar-refractivity contribution in [1.82, 2.24) is 24.7 Å². The van der Waals surface area contributed by atoms with E-state index in [9.17, 15) is 0 Å². The fourth-order valence-corrected chi connectivity index (χ4v) is 3.25. The summed E-state index contributed by atoms with van der Waals surface area (Å²) in [5.41, 5.74) is 5.27. The van der Waals surface area contributed by atoms with Gasteiger partial charge < -0.3 is 9.72 Å². The lowest BCUT2D eigenvalue weighted by Crippen LogP contribution is -1.94. The second-order valence-electron chi connectivity index (χ2n) is 6.02. The van der Waals surface area contributed by atoms with E-state index in [1.165, 1.54) is 0 Å². The Morgan fingerprint density at radius 2 is 1.85 bits per heavy atom. The number of aromatic nitrogens is 5. The molecule has 0 radical (unpaired) electrons. The Hall–Kier alpha value is -3.38. The molecule has 3 heterocycles. The molecule has 7 heteroatoms. The quantitative estimate of drug-likeness (QED) is 0.450. The predicted molar refractivity (Wildman–Crippen MR) is 105 cm³/mol. The third kappa shape index (κ3) is 2.80. The zero-order valence-electron chi connectivity index (χ0n) is 14.1. The van der Waals surface area contributed by atoms with Crippen LogP contribution in [0.25, 0.3) is 33.3 Å². The Labute approximate surface area is 159 Å². The number of ether oxygens (including phenoxy) is 1. The number of para-hydroxylation sites is 2. The van der Waals surface area contributed by atoms with Gasteiger partial charge in [-0.1, -0.05) is 12.1 Å². The molecule has 0 saturated carbocycles. The molecule has 0 aliphatic carbocycles. The summed E-state index contributed by atoms with van der Waals surface area (Å²) in [5, 5.41) is 4.58. The van der Waals surface area contributed by atoms with Gasteiger partial charge in [0.05, 0.1) is 16.6 Å². The Balaban J connectivity index is 1.47. The van der Waals surface area contributed by atoms with Crippen LogP contribution < -0.4 is 4.74 Å². The number of H-pyrrole nitrogens is 1. The maximum Gasteiger partial charge on any atom is 0.300 e. The molecule has 5 aromatic rings. The minimum Gasteiger partial charge on any atom is -0.426 e. The first-order valence-corrected chi connectivity index (χ1v) is 8.96. The summed E-state index contributed by atoms with van der Waals surface area (Å²) in [7, 11) is 0.